The van der Waals surface area contributed by atoms with E-state index in [1.54, 1.807) is 25.3 Å². The zero-order valence-corrected chi connectivity index (χ0v) is 16.7. The molecule has 8 nitrogen and oxygen atoms in total. The number of ketones is 1. The number of ether oxygens (including phenoxy) is 1. The second kappa shape index (κ2) is 7.38. The first-order valence-electron chi connectivity index (χ1n) is 9.19. The Bertz CT molecular complexity index is 1190. The van der Waals surface area contributed by atoms with Gasteiger partial charge in [0, 0.05) is 31.8 Å². The molecule has 1 N–H and O–H groups in total. The fourth-order valence-electron chi connectivity index (χ4n) is 3.14. The van der Waals surface area contributed by atoms with Gasteiger partial charge in [0.1, 0.15) is 28.7 Å². The van der Waals surface area contributed by atoms with Crippen LogP contribution in [0.3, 0.4) is 0 Å². The number of carbonyl (C=O) groups excluding carboxylic acids is 1. The number of Topliss-reactive ketones (excluding diaryl/α,β-unsaturated/α-hetero) is 1. The Balaban J connectivity index is 1.61. The first-order chi connectivity index (χ1) is 13.9. The summed E-state index contributed by atoms with van der Waals surface area (Å²) in [4.78, 5) is 20.2. The molecule has 0 aliphatic carbocycles. The molecule has 4 aromatic rings. The summed E-state index contributed by atoms with van der Waals surface area (Å²) in [6, 6.07) is 9.24. The van der Waals surface area contributed by atoms with Gasteiger partial charge in [0.05, 0.1) is 16.7 Å². The molecule has 0 bridgehead atoms. The minimum Gasteiger partial charge on any atom is -0.457 e. The minimum absolute atomic E-state index is 0.0582. The van der Waals surface area contributed by atoms with Crippen molar-refractivity contribution < 1.29 is 14.1 Å². The van der Waals surface area contributed by atoms with Crippen molar-refractivity contribution >= 4 is 28.5 Å². The van der Waals surface area contributed by atoms with Crippen molar-refractivity contribution in [3.05, 3.63) is 53.7 Å². The van der Waals surface area contributed by atoms with E-state index in [0.717, 1.165) is 22.4 Å². The smallest absolute Gasteiger partial charge is 0.208 e. The first-order valence-corrected chi connectivity index (χ1v) is 9.19. The topological polar surface area (TPSA) is 95.1 Å². The number of hydrogen-bond acceptors (Lipinski definition) is 7. The average molecular weight is 391 g/mol. The van der Waals surface area contributed by atoms with Crippen LogP contribution in [-0.2, 0) is 18.3 Å². The van der Waals surface area contributed by atoms with Gasteiger partial charge in [0.25, 0.3) is 0 Å². The van der Waals surface area contributed by atoms with E-state index in [2.05, 4.69) is 20.4 Å². The lowest BCUT2D eigenvalue weighted by atomic mass is 10.2. The molecule has 8 heteroatoms. The van der Waals surface area contributed by atoms with E-state index in [1.165, 1.54) is 0 Å². The lowest BCUT2D eigenvalue weighted by Gasteiger charge is -2.07. The maximum atomic E-state index is 11.3. The molecule has 0 amide bonds. The van der Waals surface area contributed by atoms with Gasteiger partial charge in [-0.3, -0.25) is 9.78 Å². The van der Waals surface area contributed by atoms with E-state index in [0.29, 0.717) is 28.9 Å². The summed E-state index contributed by atoms with van der Waals surface area (Å²) in [5.41, 5.74) is 4.02. The molecule has 148 valence electrons. The second-order valence-corrected chi connectivity index (χ2v) is 6.93. The maximum absolute atomic E-state index is 11.3. The van der Waals surface area contributed by atoms with Crippen LogP contribution >= 0.6 is 0 Å². The van der Waals surface area contributed by atoms with Gasteiger partial charge >= 0.3 is 0 Å². The Labute approximate surface area is 167 Å². The predicted molar refractivity (Wildman–Crippen MR) is 109 cm³/mol. The van der Waals surface area contributed by atoms with E-state index in [9.17, 15) is 4.79 Å². The van der Waals surface area contributed by atoms with Gasteiger partial charge in [-0.15, -0.1) is 0 Å². The first kappa shape index (κ1) is 18.7. The third-order valence-electron chi connectivity index (χ3n) is 4.58. The van der Waals surface area contributed by atoms with Crippen molar-refractivity contribution in [2.75, 3.05) is 5.32 Å². The third-order valence-corrected chi connectivity index (χ3v) is 4.58. The number of anilines is 2. The van der Waals surface area contributed by atoms with Gasteiger partial charge in [-0.25, -0.2) is 4.98 Å². The number of fused-ring (bicyclic) bond motifs is 1. The standard InChI is InChI=1S/C21H21N5O3/c1-12(27)9-15-10-17(7-8-22-15)28-16-5-6-19-18(11-16)23-21(26(19)4)24-20-13(2)25-29-14(20)3/h5-8,10-11H,9H2,1-4H3,(H,23,24). The summed E-state index contributed by atoms with van der Waals surface area (Å²) in [6.07, 6.45) is 1.92. The van der Waals surface area contributed by atoms with Gasteiger partial charge in [-0.1, -0.05) is 5.16 Å². The molecule has 0 fully saturated rings. The molecule has 0 spiro atoms. The molecular formula is C21H21N5O3. The van der Waals surface area contributed by atoms with E-state index in [4.69, 9.17) is 9.26 Å². The fraction of sp³-hybridized carbons (Fsp3) is 0.238. The van der Waals surface area contributed by atoms with Crippen LogP contribution in [0.25, 0.3) is 11.0 Å². The van der Waals surface area contributed by atoms with Gasteiger partial charge in [0.15, 0.2) is 5.76 Å². The molecule has 0 atom stereocenters. The molecule has 29 heavy (non-hydrogen) atoms. The third kappa shape index (κ3) is 3.82. The highest BCUT2D eigenvalue weighted by Crippen LogP contribution is 2.29. The zero-order valence-electron chi connectivity index (χ0n) is 16.7. The second-order valence-electron chi connectivity index (χ2n) is 6.93. The Morgan fingerprint density at radius 3 is 2.72 bits per heavy atom. The lowest BCUT2D eigenvalue weighted by molar-refractivity contribution is -0.116. The molecule has 0 saturated heterocycles. The van der Waals surface area contributed by atoms with Crippen LogP contribution in [0.15, 0.2) is 41.1 Å². The summed E-state index contributed by atoms with van der Waals surface area (Å²) >= 11 is 0. The van der Waals surface area contributed by atoms with E-state index >= 15 is 0 Å². The summed E-state index contributed by atoms with van der Waals surface area (Å²) in [6.45, 7) is 5.27. The molecule has 0 aliphatic heterocycles. The minimum atomic E-state index is 0.0582. The number of aromatic nitrogens is 4. The fourth-order valence-corrected chi connectivity index (χ4v) is 3.14. The Morgan fingerprint density at radius 1 is 1.21 bits per heavy atom. The van der Waals surface area contributed by atoms with Crippen LogP contribution in [0.5, 0.6) is 11.5 Å². The largest absolute Gasteiger partial charge is 0.457 e. The van der Waals surface area contributed by atoms with Crippen molar-refractivity contribution in [1.82, 2.24) is 19.7 Å². The van der Waals surface area contributed by atoms with Gasteiger partial charge in [-0.2, -0.15) is 0 Å². The average Bonchev–Trinajstić information content (AvgIpc) is 3.15. The summed E-state index contributed by atoms with van der Waals surface area (Å²) in [5.74, 6) is 2.72. The van der Waals surface area contributed by atoms with Crippen molar-refractivity contribution in [2.45, 2.75) is 27.2 Å². The molecular weight excluding hydrogens is 370 g/mol. The summed E-state index contributed by atoms with van der Waals surface area (Å²) in [5, 5.41) is 7.25. The number of rotatable bonds is 6. The van der Waals surface area contributed by atoms with Gasteiger partial charge in [0.2, 0.25) is 5.95 Å². The molecule has 3 heterocycles. The Kier molecular flexibility index (Phi) is 4.75. The number of carbonyl (C=O) groups is 1. The van der Waals surface area contributed by atoms with Crippen LogP contribution in [0.4, 0.5) is 11.6 Å². The van der Waals surface area contributed by atoms with Crippen LogP contribution in [0, 0.1) is 13.8 Å². The quantitative estimate of drug-likeness (QED) is 0.525. The molecule has 0 aliphatic rings. The highest BCUT2D eigenvalue weighted by Gasteiger charge is 2.14. The molecule has 4 rings (SSSR count). The van der Waals surface area contributed by atoms with Crippen molar-refractivity contribution in [1.29, 1.82) is 0 Å². The van der Waals surface area contributed by atoms with Crippen LogP contribution in [-0.4, -0.2) is 25.5 Å². The summed E-state index contributed by atoms with van der Waals surface area (Å²) in [7, 11) is 1.94. The Morgan fingerprint density at radius 2 is 2.00 bits per heavy atom. The number of imidazole rings is 1. The van der Waals surface area contributed by atoms with E-state index in [-0.39, 0.29) is 12.2 Å². The van der Waals surface area contributed by atoms with Crippen LogP contribution in [0.1, 0.15) is 24.1 Å². The van der Waals surface area contributed by atoms with Crippen molar-refractivity contribution in [2.24, 2.45) is 7.05 Å². The number of pyridine rings is 1. The number of nitrogens with zero attached hydrogens (tertiary/aromatic N) is 4. The highest BCUT2D eigenvalue weighted by atomic mass is 16.5. The van der Waals surface area contributed by atoms with E-state index < -0.39 is 0 Å². The zero-order chi connectivity index (χ0) is 20.5. The highest BCUT2D eigenvalue weighted by molar-refractivity contribution is 5.81. The van der Waals surface area contributed by atoms with Crippen molar-refractivity contribution in [3.8, 4) is 11.5 Å². The Hall–Kier alpha value is -3.68. The predicted octanol–water partition coefficient (Wildman–Crippen LogP) is 4.24. The lowest BCUT2D eigenvalue weighted by Crippen LogP contribution is -2.00. The summed E-state index contributed by atoms with van der Waals surface area (Å²) < 4.78 is 13.1. The normalized spacial score (nSPS) is 11.0. The van der Waals surface area contributed by atoms with Gasteiger partial charge in [-0.05, 0) is 39.0 Å². The van der Waals surface area contributed by atoms with Crippen LogP contribution in [0.2, 0.25) is 0 Å². The number of nitrogens with one attached hydrogen (secondary N) is 1. The molecule has 3 aromatic heterocycles. The molecule has 0 saturated carbocycles. The van der Waals surface area contributed by atoms with Crippen LogP contribution < -0.4 is 10.1 Å². The molecule has 0 radical (unpaired) electrons. The monoisotopic (exact) mass is 391 g/mol. The molecule has 0 unspecified atom stereocenters. The number of benzene rings is 1. The maximum Gasteiger partial charge on any atom is 0.208 e. The number of aryl methyl sites for hydroxylation is 3. The van der Waals surface area contributed by atoms with Gasteiger partial charge < -0.3 is 19.1 Å². The van der Waals surface area contributed by atoms with Crippen molar-refractivity contribution in [3.63, 3.8) is 0 Å². The SMILES string of the molecule is CC(=O)Cc1cc(Oc2ccc3c(c2)nc(Nc2c(C)noc2C)n3C)ccn1. The molecule has 1 aromatic carbocycles. The van der Waals surface area contributed by atoms with E-state index in [1.807, 2.05) is 43.7 Å². The number of hydrogen-bond donors (Lipinski definition) is 1.